The zero-order valence-electron chi connectivity index (χ0n) is 10.2. The molecule has 98 valence electrons. The van der Waals surface area contributed by atoms with Crippen LogP contribution in [0.3, 0.4) is 0 Å². The molecule has 2 heterocycles. The molecule has 5 nitrogen and oxygen atoms in total. The smallest absolute Gasteiger partial charge is 0.212 e. The highest BCUT2D eigenvalue weighted by Crippen LogP contribution is 2.31. The molecule has 2 aliphatic heterocycles. The molecule has 0 saturated carbocycles. The first-order valence-electron chi connectivity index (χ1n) is 6.20. The van der Waals surface area contributed by atoms with Gasteiger partial charge >= 0.3 is 0 Å². The van der Waals surface area contributed by atoms with Gasteiger partial charge in [0.15, 0.2) is 0 Å². The van der Waals surface area contributed by atoms with Crippen molar-refractivity contribution in [1.82, 2.24) is 9.62 Å². The molecule has 6 heteroatoms. The van der Waals surface area contributed by atoms with Crippen LogP contribution in [-0.4, -0.2) is 50.5 Å². The Morgan fingerprint density at radius 3 is 2.41 bits per heavy atom. The van der Waals surface area contributed by atoms with Gasteiger partial charge in [0.1, 0.15) is 5.78 Å². The van der Waals surface area contributed by atoms with Crippen LogP contribution in [-0.2, 0) is 14.8 Å². The topological polar surface area (TPSA) is 66.5 Å². The van der Waals surface area contributed by atoms with E-state index in [0.717, 1.165) is 19.3 Å². The molecule has 2 unspecified atom stereocenters. The lowest BCUT2D eigenvalue weighted by Gasteiger charge is -2.45. The quantitative estimate of drug-likeness (QED) is 0.780. The van der Waals surface area contributed by atoms with E-state index in [-0.39, 0.29) is 17.8 Å². The summed E-state index contributed by atoms with van der Waals surface area (Å²) in [6.45, 7) is 0.547. The molecular formula is C11H20N2O3S. The fraction of sp³-hybridized carbons (Fsp3) is 0.909. The average Bonchev–Trinajstić information content (AvgIpc) is 2.26. The highest BCUT2D eigenvalue weighted by molar-refractivity contribution is 7.89. The number of nitrogens with zero attached hydrogens (tertiary/aromatic N) is 1. The van der Waals surface area contributed by atoms with Gasteiger partial charge in [-0.15, -0.1) is 0 Å². The summed E-state index contributed by atoms with van der Waals surface area (Å²) in [5, 5.41) is 0. The molecule has 2 aliphatic rings. The molecule has 2 atom stereocenters. The predicted octanol–water partition coefficient (Wildman–Crippen LogP) is 0.122. The second-order valence-electron chi connectivity index (χ2n) is 4.95. The summed E-state index contributed by atoms with van der Waals surface area (Å²) in [7, 11) is -1.70. The summed E-state index contributed by atoms with van der Waals surface area (Å²) in [6, 6.07) is 0.559. The third-order valence-electron chi connectivity index (χ3n) is 3.87. The Morgan fingerprint density at radius 1 is 1.29 bits per heavy atom. The number of rotatable bonds is 4. The fourth-order valence-electron chi connectivity index (χ4n) is 2.96. The fourth-order valence-corrected chi connectivity index (χ4v) is 3.61. The third-order valence-corrected chi connectivity index (χ3v) is 5.21. The molecule has 0 aromatic carbocycles. The van der Waals surface area contributed by atoms with E-state index in [9.17, 15) is 13.2 Å². The lowest BCUT2D eigenvalue weighted by atomic mass is 9.84. The molecule has 17 heavy (non-hydrogen) atoms. The minimum absolute atomic E-state index is 0.130. The Balaban J connectivity index is 1.98. The van der Waals surface area contributed by atoms with E-state index in [0.29, 0.717) is 25.2 Å². The summed E-state index contributed by atoms with van der Waals surface area (Å²) in [5.41, 5.74) is 0. The van der Waals surface area contributed by atoms with Crippen LogP contribution < -0.4 is 4.72 Å². The molecule has 0 amide bonds. The Kier molecular flexibility index (Phi) is 3.85. The second kappa shape index (κ2) is 5.04. The van der Waals surface area contributed by atoms with Crippen molar-refractivity contribution < 1.29 is 13.2 Å². The minimum Gasteiger partial charge on any atom is -0.300 e. The van der Waals surface area contributed by atoms with E-state index < -0.39 is 10.0 Å². The van der Waals surface area contributed by atoms with Gasteiger partial charge in [-0.1, -0.05) is 6.42 Å². The van der Waals surface area contributed by atoms with Crippen LogP contribution in [0.5, 0.6) is 0 Å². The van der Waals surface area contributed by atoms with E-state index in [2.05, 4.69) is 9.62 Å². The maximum Gasteiger partial charge on any atom is 0.212 e. The first-order valence-corrected chi connectivity index (χ1v) is 7.86. The van der Waals surface area contributed by atoms with Gasteiger partial charge in [0, 0.05) is 31.5 Å². The van der Waals surface area contributed by atoms with Gasteiger partial charge in [-0.3, -0.25) is 9.69 Å². The number of piperidine rings is 2. The Labute approximate surface area is 103 Å². The van der Waals surface area contributed by atoms with Gasteiger partial charge in [0.25, 0.3) is 0 Å². The van der Waals surface area contributed by atoms with Gasteiger partial charge in [-0.2, -0.15) is 0 Å². The lowest BCUT2D eigenvalue weighted by molar-refractivity contribution is -0.126. The number of carbonyl (C=O) groups is 1. The standard InChI is InChI=1S/C11H20N2O3S/c1-12-17(15,16)6-5-13-9-3-2-4-10(13)8-11(14)7-9/h9-10,12H,2-8H2,1H3. The van der Waals surface area contributed by atoms with Crippen molar-refractivity contribution in [2.24, 2.45) is 0 Å². The Bertz CT molecular complexity index is 378. The van der Waals surface area contributed by atoms with Crippen molar-refractivity contribution in [3.8, 4) is 0 Å². The number of fused-ring (bicyclic) bond motifs is 2. The second-order valence-corrected chi connectivity index (χ2v) is 6.99. The molecule has 2 rings (SSSR count). The average molecular weight is 260 g/mol. The monoisotopic (exact) mass is 260 g/mol. The summed E-state index contributed by atoms with van der Waals surface area (Å²) in [5.74, 6) is 0.470. The van der Waals surface area contributed by atoms with E-state index in [4.69, 9.17) is 0 Å². The van der Waals surface area contributed by atoms with Crippen molar-refractivity contribution in [3.05, 3.63) is 0 Å². The molecule has 2 fully saturated rings. The van der Waals surface area contributed by atoms with Crippen molar-refractivity contribution in [2.75, 3.05) is 19.3 Å². The zero-order chi connectivity index (χ0) is 12.5. The molecule has 2 bridgehead atoms. The summed E-state index contributed by atoms with van der Waals surface area (Å²) >= 11 is 0. The molecule has 0 aromatic heterocycles. The Hall–Kier alpha value is -0.460. The highest BCUT2D eigenvalue weighted by Gasteiger charge is 2.37. The van der Waals surface area contributed by atoms with E-state index in [1.54, 1.807) is 0 Å². The van der Waals surface area contributed by atoms with Crippen LogP contribution in [0.2, 0.25) is 0 Å². The number of carbonyl (C=O) groups excluding carboxylic acids is 1. The maximum atomic E-state index is 11.5. The largest absolute Gasteiger partial charge is 0.300 e. The van der Waals surface area contributed by atoms with E-state index >= 15 is 0 Å². The Morgan fingerprint density at radius 2 is 1.88 bits per heavy atom. The van der Waals surface area contributed by atoms with Crippen molar-refractivity contribution in [3.63, 3.8) is 0 Å². The zero-order valence-corrected chi connectivity index (χ0v) is 11.0. The number of nitrogens with one attached hydrogen (secondary N) is 1. The highest BCUT2D eigenvalue weighted by atomic mass is 32.2. The first kappa shape index (κ1) is 13.0. The van der Waals surface area contributed by atoms with Crippen LogP contribution >= 0.6 is 0 Å². The van der Waals surface area contributed by atoms with Crippen LogP contribution in [0.4, 0.5) is 0 Å². The van der Waals surface area contributed by atoms with Crippen LogP contribution in [0.25, 0.3) is 0 Å². The SMILES string of the molecule is CNS(=O)(=O)CCN1C2CCCC1CC(=O)C2. The van der Waals surface area contributed by atoms with Gasteiger partial charge in [0.2, 0.25) is 10.0 Å². The first-order chi connectivity index (χ1) is 8.02. The lowest BCUT2D eigenvalue weighted by Crippen LogP contribution is -2.53. The van der Waals surface area contributed by atoms with E-state index in [1.165, 1.54) is 7.05 Å². The number of ketones is 1. The predicted molar refractivity (Wildman–Crippen MR) is 65.2 cm³/mol. The number of hydrogen-bond donors (Lipinski definition) is 1. The van der Waals surface area contributed by atoms with Gasteiger partial charge in [-0.05, 0) is 19.9 Å². The van der Waals surface area contributed by atoms with Gasteiger partial charge in [0.05, 0.1) is 5.75 Å². The summed E-state index contributed by atoms with van der Waals surface area (Å²) < 4.78 is 25.2. The number of sulfonamides is 1. The van der Waals surface area contributed by atoms with Gasteiger partial charge in [-0.25, -0.2) is 13.1 Å². The maximum absolute atomic E-state index is 11.5. The molecule has 0 radical (unpaired) electrons. The normalized spacial score (nSPS) is 30.5. The molecule has 0 spiro atoms. The van der Waals surface area contributed by atoms with Gasteiger partial charge < -0.3 is 0 Å². The molecule has 1 N–H and O–H groups in total. The van der Waals surface area contributed by atoms with Crippen molar-refractivity contribution >= 4 is 15.8 Å². The van der Waals surface area contributed by atoms with Crippen molar-refractivity contribution in [2.45, 2.75) is 44.2 Å². The minimum atomic E-state index is -3.14. The molecular weight excluding hydrogens is 240 g/mol. The molecule has 0 aliphatic carbocycles. The summed E-state index contributed by atoms with van der Waals surface area (Å²) in [4.78, 5) is 13.8. The molecule has 0 aromatic rings. The molecule has 2 saturated heterocycles. The van der Waals surface area contributed by atoms with Crippen LogP contribution in [0.15, 0.2) is 0 Å². The van der Waals surface area contributed by atoms with Crippen molar-refractivity contribution in [1.29, 1.82) is 0 Å². The number of hydrogen-bond acceptors (Lipinski definition) is 4. The van der Waals surface area contributed by atoms with Crippen LogP contribution in [0, 0.1) is 0 Å². The third kappa shape index (κ3) is 3.05. The number of Topliss-reactive ketones (excluding diaryl/α,β-unsaturated/α-hetero) is 1. The van der Waals surface area contributed by atoms with Crippen LogP contribution in [0.1, 0.15) is 32.1 Å². The van der Waals surface area contributed by atoms with E-state index in [1.807, 2.05) is 0 Å². The summed E-state index contributed by atoms with van der Waals surface area (Å²) in [6.07, 6.45) is 4.44.